The summed E-state index contributed by atoms with van der Waals surface area (Å²) in [7, 11) is -3.67. The van der Waals surface area contributed by atoms with E-state index in [0.717, 1.165) is 5.69 Å². The Morgan fingerprint density at radius 3 is 1.75 bits per heavy atom. The summed E-state index contributed by atoms with van der Waals surface area (Å²) >= 11 is 5.28. The van der Waals surface area contributed by atoms with Crippen LogP contribution in [0.1, 0.15) is 0 Å². The molecular weight excluding hydrogens is 189 g/mol. The number of rotatable bonds is 1. The Morgan fingerprint density at radius 2 is 1.50 bits per heavy atom. The summed E-state index contributed by atoms with van der Waals surface area (Å²) < 4.78 is 29.0. The summed E-state index contributed by atoms with van der Waals surface area (Å²) in [5.74, 6) is 0. The van der Waals surface area contributed by atoms with Gasteiger partial charge >= 0.3 is 7.54 Å². The van der Waals surface area contributed by atoms with Gasteiger partial charge in [-0.05, 0) is 12.1 Å². The Kier molecular flexibility index (Phi) is 6.37. The molecule has 0 unspecified atom stereocenters. The highest BCUT2D eigenvalue weighted by Crippen LogP contribution is 2.04. The molecule has 0 aromatic heterocycles. The van der Waals surface area contributed by atoms with Crippen LogP contribution in [0, 0.1) is 0 Å². The largest absolute Gasteiger partial charge is 0.762 e. The van der Waals surface area contributed by atoms with Gasteiger partial charge < -0.3 is 0 Å². The highest BCUT2D eigenvalue weighted by atomic mass is 35.5. The summed E-state index contributed by atoms with van der Waals surface area (Å²) in [4.78, 5) is 2.50. The van der Waals surface area contributed by atoms with Gasteiger partial charge in [-0.2, -0.15) is 0 Å². The van der Waals surface area contributed by atoms with Gasteiger partial charge in [0.05, 0.1) is 0 Å². The lowest BCUT2D eigenvalue weighted by Crippen LogP contribution is -1.76. The van der Waals surface area contributed by atoms with E-state index in [1.807, 2.05) is 30.3 Å². The van der Waals surface area contributed by atoms with Gasteiger partial charge in [0.1, 0.15) is 0 Å². The normalized spacial score (nSPS) is 8.00. The first-order valence-electron chi connectivity index (χ1n) is 3.00. The second-order valence-electron chi connectivity index (χ2n) is 1.71. The third kappa shape index (κ3) is 7.27. The molecule has 6 heteroatoms. The summed E-state index contributed by atoms with van der Waals surface area (Å²) in [6.45, 7) is 0. The molecule has 0 aliphatic rings. The Morgan fingerprint density at radius 1 is 1.08 bits per heavy atom. The SMILES string of the molecule is ClNc1ccccc1.FB(F)F. The maximum atomic E-state index is 9.67. The molecule has 66 valence electrons. The van der Waals surface area contributed by atoms with Crippen LogP contribution in [-0.2, 0) is 0 Å². The molecule has 0 saturated heterocycles. The lowest BCUT2D eigenvalue weighted by atomic mass is 10.3. The predicted octanol–water partition coefficient (Wildman–Crippen LogP) is 3.13. The van der Waals surface area contributed by atoms with Gasteiger partial charge in [0.15, 0.2) is 0 Å². The fourth-order valence-corrected chi connectivity index (χ4v) is 0.627. The maximum Gasteiger partial charge on any atom is 0.762 e. The molecule has 0 amide bonds. The van der Waals surface area contributed by atoms with Crippen molar-refractivity contribution in [3.63, 3.8) is 0 Å². The van der Waals surface area contributed by atoms with E-state index in [9.17, 15) is 12.9 Å². The molecule has 0 spiro atoms. The fraction of sp³-hybridized carbons (Fsp3) is 0. The van der Waals surface area contributed by atoms with E-state index in [-0.39, 0.29) is 0 Å². The van der Waals surface area contributed by atoms with Crippen molar-refractivity contribution in [2.24, 2.45) is 0 Å². The first-order chi connectivity index (χ1) is 5.66. The standard InChI is InChI=1S/C6H6ClN.BF3/c7-8-6-4-2-1-3-5-6;2-1(3)4/h1-5,8H;. The van der Waals surface area contributed by atoms with Gasteiger partial charge in [-0.1, -0.05) is 18.2 Å². The van der Waals surface area contributed by atoms with Crippen LogP contribution in [0.15, 0.2) is 30.3 Å². The van der Waals surface area contributed by atoms with E-state index in [1.165, 1.54) is 0 Å². The monoisotopic (exact) mass is 195 g/mol. The number of nitrogens with one attached hydrogen (secondary N) is 1. The van der Waals surface area contributed by atoms with Gasteiger partial charge in [0.25, 0.3) is 0 Å². The highest BCUT2D eigenvalue weighted by Gasteiger charge is 2.06. The number of benzene rings is 1. The third-order valence-electron chi connectivity index (χ3n) is 0.883. The average Bonchev–Trinajstić information content (AvgIpc) is 2.05. The number of halogens is 4. The molecule has 0 aliphatic heterocycles. The Bertz CT molecular complexity index is 194. The predicted molar refractivity (Wildman–Crippen MR) is 45.0 cm³/mol. The molecule has 0 aliphatic carbocycles. The fourth-order valence-electron chi connectivity index (χ4n) is 0.501. The molecule has 0 radical (unpaired) electrons. The van der Waals surface area contributed by atoms with Crippen LogP contribution >= 0.6 is 11.8 Å². The van der Waals surface area contributed by atoms with Crippen LogP contribution in [0.5, 0.6) is 0 Å². The van der Waals surface area contributed by atoms with Crippen molar-refractivity contribution in [1.82, 2.24) is 0 Å². The second-order valence-corrected chi connectivity index (χ2v) is 1.90. The first kappa shape index (κ1) is 11.2. The molecule has 1 N–H and O–H groups in total. The van der Waals surface area contributed by atoms with Crippen molar-refractivity contribution in [3.8, 4) is 0 Å². The number of hydrogen-bond donors (Lipinski definition) is 1. The molecule has 0 bridgehead atoms. The molecule has 1 aromatic carbocycles. The van der Waals surface area contributed by atoms with Crippen molar-refractivity contribution < 1.29 is 12.9 Å². The molecule has 12 heavy (non-hydrogen) atoms. The zero-order valence-corrected chi connectivity index (χ0v) is 6.73. The number of anilines is 1. The quantitative estimate of drug-likeness (QED) is 0.536. The molecule has 1 aromatic rings. The van der Waals surface area contributed by atoms with Crippen LogP contribution in [0.3, 0.4) is 0 Å². The molecule has 0 saturated carbocycles. The van der Waals surface area contributed by atoms with Crippen LogP contribution in [-0.4, -0.2) is 7.54 Å². The van der Waals surface area contributed by atoms with E-state index in [0.29, 0.717) is 0 Å². The van der Waals surface area contributed by atoms with E-state index >= 15 is 0 Å². The molecular formula is C6H6BClF3N. The number of hydrogen-bond acceptors (Lipinski definition) is 1. The van der Waals surface area contributed by atoms with E-state index in [1.54, 1.807) is 0 Å². The second kappa shape index (κ2) is 6.85. The van der Waals surface area contributed by atoms with E-state index < -0.39 is 7.54 Å². The van der Waals surface area contributed by atoms with Crippen molar-refractivity contribution in [2.75, 3.05) is 4.84 Å². The van der Waals surface area contributed by atoms with Gasteiger partial charge in [-0.15, -0.1) is 0 Å². The Labute approximate surface area is 73.9 Å². The van der Waals surface area contributed by atoms with Gasteiger partial charge in [-0.25, -0.2) is 0 Å². The topological polar surface area (TPSA) is 12.0 Å². The molecule has 1 rings (SSSR count). The summed E-state index contributed by atoms with van der Waals surface area (Å²) in [6, 6.07) is 9.58. The minimum absolute atomic E-state index is 0.925. The van der Waals surface area contributed by atoms with Crippen LogP contribution in [0.2, 0.25) is 0 Å². The minimum atomic E-state index is -3.67. The molecule has 0 fully saturated rings. The third-order valence-corrected chi connectivity index (χ3v) is 1.10. The molecule has 1 nitrogen and oxygen atoms in total. The maximum absolute atomic E-state index is 9.67. The van der Waals surface area contributed by atoms with Crippen LogP contribution < -0.4 is 4.84 Å². The smallest absolute Gasteiger partial charge is 0.299 e. The zero-order chi connectivity index (χ0) is 9.40. The highest BCUT2D eigenvalue weighted by molar-refractivity contribution is 6.33. The van der Waals surface area contributed by atoms with Crippen molar-refractivity contribution in [1.29, 1.82) is 0 Å². The lowest BCUT2D eigenvalue weighted by Gasteiger charge is -1.91. The van der Waals surface area contributed by atoms with Gasteiger partial charge in [-0.3, -0.25) is 17.8 Å². The van der Waals surface area contributed by atoms with Crippen LogP contribution in [0.4, 0.5) is 18.6 Å². The average molecular weight is 195 g/mol. The molecule has 0 heterocycles. The van der Waals surface area contributed by atoms with E-state index in [2.05, 4.69) is 4.84 Å². The lowest BCUT2D eigenvalue weighted by molar-refractivity contribution is 0.535. The van der Waals surface area contributed by atoms with E-state index in [4.69, 9.17) is 11.8 Å². The summed E-state index contributed by atoms with van der Waals surface area (Å²) in [6.07, 6.45) is 0. The summed E-state index contributed by atoms with van der Waals surface area (Å²) in [5, 5.41) is 0. The molecule has 0 atom stereocenters. The van der Waals surface area contributed by atoms with Crippen LogP contribution in [0.25, 0.3) is 0 Å². The van der Waals surface area contributed by atoms with Gasteiger partial charge in [0.2, 0.25) is 0 Å². The number of para-hydroxylation sites is 1. The van der Waals surface area contributed by atoms with Crippen molar-refractivity contribution in [2.45, 2.75) is 0 Å². The first-order valence-corrected chi connectivity index (χ1v) is 3.38. The summed E-state index contributed by atoms with van der Waals surface area (Å²) in [5.41, 5.74) is 0.925. The van der Waals surface area contributed by atoms with Crippen molar-refractivity contribution in [3.05, 3.63) is 30.3 Å². The minimum Gasteiger partial charge on any atom is -0.299 e. The van der Waals surface area contributed by atoms with Gasteiger partial charge in [0, 0.05) is 17.5 Å². The Balaban J connectivity index is 0.000000261. The van der Waals surface area contributed by atoms with Crippen molar-refractivity contribution >= 4 is 25.0 Å². The zero-order valence-electron chi connectivity index (χ0n) is 5.98. The Hall–Kier alpha value is -0.835.